The van der Waals surface area contributed by atoms with Crippen molar-refractivity contribution in [1.82, 2.24) is 24.0 Å². The van der Waals surface area contributed by atoms with Crippen molar-refractivity contribution < 1.29 is 17.9 Å². The molecule has 1 N–H and O–H groups in total. The first-order valence-corrected chi connectivity index (χ1v) is 10.4. The maximum atomic E-state index is 12.8. The van der Waals surface area contributed by atoms with Crippen LogP contribution in [-0.2, 0) is 0 Å². The normalized spacial score (nSPS) is 24.6. The van der Waals surface area contributed by atoms with Gasteiger partial charge in [-0.05, 0) is 49.7 Å². The molecule has 2 bridgehead atoms. The molecule has 6 rings (SSSR count). The van der Waals surface area contributed by atoms with Crippen molar-refractivity contribution in [3.63, 3.8) is 0 Å². The van der Waals surface area contributed by atoms with Crippen molar-refractivity contribution in [1.29, 1.82) is 0 Å². The summed E-state index contributed by atoms with van der Waals surface area (Å²) in [6, 6.07) is 2.34. The highest BCUT2D eigenvalue weighted by atomic mass is 32.1. The quantitative estimate of drug-likeness (QED) is 0.654. The van der Waals surface area contributed by atoms with Crippen LogP contribution in [0.3, 0.4) is 0 Å². The van der Waals surface area contributed by atoms with Gasteiger partial charge in [0.25, 0.3) is 5.88 Å². The number of hydrogen-bond donors (Lipinski definition) is 1. The third kappa shape index (κ3) is 3.42. The average molecular weight is 439 g/mol. The fourth-order valence-corrected chi connectivity index (χ4v) is 4.90. The maximum Gasteiger partial charge on any atom is 0.425 e. The van der Waals surface area contributed by atoms with Gasteiger partial charge in [-0.15, -0.1) is 5.10 Å². The predicted molar refractivity (Wildman–Crippen MR) is 105 cm³/mol. The molecule has 4 atom stereocenters. The minimum absolute atomic E-state index is 0.155. The van der Waals surface area contributed by atoms with Gasteiger partial charge in [0.1, 0.15) is 5.00 Å². The van der Waals surface area contributed by atoms with E-state index in [1.54, 1.807) is 0 Å². The zero-order chi connectivity index (χ0) is 21.0. The van der Waals surface area contributed by atoms with E-state index in [1.165, 1.54) is 33.4 Å². The molecule has 0 spiro atoms. The summed E-state index contributed by atoms with van der Waals surface area (Å²) in [6.45, 7) is 4.80. The topological polar surface area (TPSA) is 80.5 Å². The third-order valence-corrected chi connectivity index (χ3v) is 6.67. The first-order valence-electron chi connectivity index (χ1n) is 9.67. The Morgan fingerprint density at radius 3 is 2.73 bits per heavy atom. The highest BCUT2D eigenvalue weighted by Gasteiger charge is 2.47. The average Bonchev–Trinajstić information content (AvgIpc) is 3.32. The highest BCUT2D eigenvalue weighted by molar-refractivity contribution is 7.10. The van der Waals surface area contributed by atoms with Crippen LogP contribution in [0.25, 0.3) is 5.65 Å². The van der Waals surface area contributed by atoms with E-state index in [0.29, 0.717) is 17.8 Å². The minimum Gasteiger partial charge on any atom is -0.462 e. The van der Waals surface area contributed by atoms with Crippen LogP contribution < -0.4 is 15.0 Å². The van der Waals surface area contributed by atoms with Crippen LogP contribution in [0, 0.1) is 18.8 Å². The number of nitrogens with zero attached hydrogens (tertiary/aromatic N) is 6. The van der Waals surface area contributed by atoms with E-state index < -0.39 is 12.3 Å². The van der Waals surface area contributed by atoms with Crippen LogP contribution in [-0.4, -0.2) is 55.4 Å². The lowest BCUT2D eigenvalue weighted by molar-refractivity contribution is -0.189. The fourth-order valence-electron chi connectivity index (χ4n) is 4.13. The molecule has 0 radical (unpaired) electrons. The summed E-state index contributed by atoms with van der Waals surface area (Å²) in [4.78, 5) is 10.6. The SMILES string of the molecule is Cc1cc(N2CC3C[C@@H](C2)[C@@H]3Nc2nc3c(O[C@@H](C)C(F)(F)F)nccn3n2)sn1. The van der Waals surface area contributed by atoms with Crippen molar-refractivity contribution in [2.75, 3.05) is 23.3 Å². The van der Waals surface area contributed by atoms with Gasteiger partial charge < -0.3 is 15.0 Å². The zero-order valence-electron chi connectivity index (χ0n) is 16.3. The molecule has 0 amide bonds. The van der Waals surface area contributed by atoms with Crippen molar-refractivity contribution in [3.8, 4) is 5.88 Å². The molecule has 12 heteroatoms. The summed E-state index contributed by atoms with van der Waals surface area (Å²) in [5.74, 6) is 1.09. The molecule has 0 aromatic carbocycles. The van der Waals surface area contributed by atoms with Crippen LogP contribution in [0.2, 0.25) is 0 Å². The van der Waals surface area contributed by atoms with Crippen LogP contribution in [0.5, 0.6) is 5.88 Å². The Morgan fingerprint density at radius 1 is 1.30 bits per heavy atom. The predicted octanol–water partition coefficient (Wildman–Crippen LogP) is 3.16. The number of ether oxygens (including phenoxy) is 1. The molecule has 2 aliphatic heterocycles. The number of piperidine rings is 2. The van der Waals surface area contributed by atoms with Crippen molar-refractivity contribution in [2.24, 2.45) is 11.8 Å². The highest BCUT2D eigenvalue weighted by Crippen LogP contribution is 2.43. The second-order valence-corrected chi connectivity index (χ2v) is 8.66. The van der Waals surface area contributed by atoms with Gasteiger partial charge in [-0.25, -0.2) is 9.50 Å². The lowest BCUT2D eigenvalue weighted by atomic mass is 9.66. The summed E-state index contributed by atoms with van der Waals surface area (Å²) in [5.41, 5.74) is 1.19. The molecule has 1 aliphatic carbocycles. The number of aryl methyl sites for hydroxylation is 1. The number of aromatic nitrogens is 5. The number of alkyl halides is 3. The Kier molecular flexibility index (Phi) is 4.49. The Hall–Kier alpha value is -2.63. The molecule has 3 fully saturated rings. The molecule has 3 aromatic heterocycles. The van der Waals surface area contributed by atoms with Crippen molar-refractivity contribution >= 4 is 28.1 Å². The molecular weight excluding hydrogens is 419 g/mol. The van der Waals surface area contributed by atoms with Gasteiger partial charge in [-0.3, -0.25) is 0 Å². The van der Waals surface area contributed by atoms with Crippen molar-refractivity contribution in [3.05, 3.63) is 24.2 Å². The van der Waals surface area contributed by atoms with E-state index in [0.717, 1.165) is 32.1 Å². The summed E-state index contributed by atoms with van der Waals surface area (Å²) >= 11 is 1.52. The third-order valence-electron chi connectivity index (χ3n) is 5.73. The Labute approximate surface area is 174 Å². The molecule has 1 unspecified atom stereocenters. The Balaban J connectivity index is 1.29. The van der Waals surface area contributed by atoms with Gasteiger partial charge in [-0.1, -0.05) is 0 Å². The van der Waals surface area contributed by atoms with E-state index in [1.807, 2.05) is 6.92 Å². The molecule has 5 heterocycles. The van der Waals surface area contributed by atoms with Crippen LogP contribution in [0.4, 0.5) is 24.1 Å². The number of halogens is 3. The molecule has 2 saturated heterocycles. The number of anilines is 2. The summed E-state index contributed by atoms with van der Waals surface area (Å²) in [5, 5.41) is 8.91. The fraction of sp³-hybridized carbons (Fsp3) is 0.556. The summed E-state index contributed by atoms with van der Waals surface area (Å²) < 4.78 is 49.2. The lowest BCUT2D eigenvalue weighted by Crippen LogP contribution is -2.61. The first-order chi connectivity index (χ1) is 14.3. The first kappa shape index (κ1) is 19.3. The van der Waals surface area contributed by atoms with Gasteiger partial charge >= 0.3 is 6.18 Å². The zero-order valence-corrected chi connectivity index (χ0v) is 17.1. The standard InChI is InChI=1S/C18H20F3N7OS/c1-9-5-13(30-26-9)27-7-11-6-12(8-27)14(11)23-17-24-15-16(22-3-4-28(15)25-17)29-10(2)18(19,20)21/h3-5,10-12,14H,6-8H2,1-2H3,(H,23,25)/t10-,11-,12?,14-/m0/s1. The minimum atomic E-state index is -4.48. The largest absolute Gasteiger partial charge is 0.462 e. The van der Waals surface area contributed by atoms with E-state index in [4.69, 9.17) is 4.74 Å². The van der Waals surface area contributed by atoms with E-state index in [-0.39, 0.29) is 17.6 Å². The number of rotatable bonds is 5. The molecule has 160 valence electrons. The second-order valence-electron chi connectivity index (χ2n) is 7.88. The number of fused-ring (bicyclic) bond motifs is 3. The molecule has 30 heavy (non-hydrogen) atoms. The summed E-state index contributed by atoms with van der Waals surface area (Å²) in [7, 11) is 0. The molecule has 1 saturated carbocycles. The van der Waals surface area contributed by atoms with Gasteiger partial charge in [0.2, 0.25) is 11.6 Å². The van der Waals surface area contributed by atoms with Crippen LogP contribution in [0.15, 0.2) is 18.5 Å². The second kappa shape index (κ2) is 6.96. The van der Waals surface area contributed by atoms with Gasteiger partial charge in [0.15, 0.2) is 6.10 Å². The van der Waals surface area contributed by atoms with E-state index in [2.05, 4.69) is 35.7 Å². The van der Waals surface area contributed by atoms with Crippen LogP contribution >= 0.6 is 11.5 Å². The van der Waals surface area contributed by atoms with E-state index >= 15 is 0 Å². The molecule has 3 aromatic rings. The van der Waals surface area contributed by atoms with Gasteiger partial charge in [-0.2, -0.15) is 22.5 Å². The number of nitrogens with one attached hydrogen (secondary N) is 1. The summed E-state index contributed by atoms with van der Waals surface area (Å²) in [6.07, 6.45) is -2.46. The molecule has 8 nitrogen and oxygen atoms in total. The van der Waals surface area contributed by atoms with E-state index in [9.17, 15) is 13.2 Å². The lowest BCUT2D eigenvalue weighted by Gasteiger charge is -2.53. The molecular formula is C18H20F3N7OS. The van der Waals surface area contributed by atoms with Crippen molar-refractivity contribution in [2.45, 2.75) is 38.6 Å². The molecule has 3 aliphatic rings. The number of hydrogen-bond acceptors (Lipinski definition) is 8. The van der Waals surface area contributed by atoms with Gasteiger partial charge in [0.05, 0.1) is 5.69 Å². The smallest absolute Gasteiger partial charge is 0.425 e. The maximum absolute atomic E-state index is 12.8. The van der Waals surface area contributed by atoms with Crippen LogP contribution in [0.1, 0.15) is 19.0 Å². The Bertz CT molecular complexity index is 1060. The van der Waals surface area contributed by atoms with Gasteiger partial charge in [0, 0.05) is 31.5 Å². The Morgan fingerprint density at radius 2 is 2.07 bits per heavy atom. The monoisotopic (exact) mass is 439 g/mol.